The van der Waals surface area contributed by atoms with Crippen LogP contribution in [-0.4, -0.2) is 56.4 Å². The second-order valence-electron chi connectivity index (χ2n) is 7.46. The molecule has 1 unspecified atom stereocenters. The Bertz CT molecular complexity index is 1020. The fourth-order valence-corrected chi connectivity index (χ4v) is 4.32. The fourth-order valence-electron chi connectivity index (χ4n) is 4.32. The lowest BCUT2D eigenvalue weighted by molar-refractivity contribution is -0.139. The van der Waals surface area contributed by atoms with Crippen LogP contribution in [0.3, 0.4) is 0 Å². The number of hydrogen-bond acceptors (Lipinski definition) is 6. The molecule has 1 fully saturated rings. The predicted molar refractivity (Wildman–Crippen MR) is 109 cm³/mol. The molecule has 2 amide bonds. The highest BCUT2D eigenvalue weighted by molar-refractivity contribution is 6.22. The van der Waals surface area contributed by atoms with Crippen molar-refractivity contribution >= 4 is 17.5 Å². The quantitative estimate of drug-likeness (QED) is 0.752. The summed E-state index contributed by atoms with van der Waals surface area (Å²) in [6.45, 7) is 0.209. The van der Waals surface area contributed by atoms with Crippen LogP contribution in [0, 0.1) is 0 Å². The second kappa shape index (κ2) is 7.21. The van der Waals surface area contributed by atoms with Crippen molar-refractivity contribution in [2.75, 3.05) is 33.3 Å². The summed E-state index contributed by atoms with van der Waals surface area (Å²) < 4.78 is 16.1. The van der Waals surface area contributed by atoms with Crippen LogP contribution in [-0.2, 0) is 21.5 Å². The Morgan fingerprint density at radius 3 is 2.27 bits per heavy atom. The number of likely N-dealkylation sites (tertiary alicyclic amines) is 1. The van der Waals surface area contributed by atoms with Gasteiger partial charge in [-0.2, -0.15) is 0 Å². The third kappa shape index (κ3) is 2.71. The monoisotopic (exact) mass is 412 g/mol. The maximum Gasteiger partial charge on any atom is 0.247 e. The number of fused-ring (bicyclic) bond motifs is 2. The van der Waals surface area contributed by atoms with Crippen LogP contribution in [0.2, 0.25) is 0 Å². The molecule has 0 saturated carbocycles. The van der Waals surface area contributed by atoms with E-state index in [9.17, 15) is 14.7 Å². The molecule has 0 aliphatic carbocycles. The minimum Gasteiger partial charge on any atom is -0.497 e. The summed E-state index contributed by atoms with van der Waals surface area (Å²) in [4.78, 5) is 29.6. The van der Waals surface area contributed by atoms with E-state index < -0.39 is 17.6 Å². The summed E-state index contributed by atoms with van der Waals surface area (Å²) in [6.07, 6.45) is -1.03. The first-order valence-corrected chi connectivity index (χ1v) is 9.54. The molecule has 2 aromatic carbocycles. The number of ether oxygens (including phenoxy) is 3. The smallest absolute Gasteiger partial charge is 0.247 e. The van der Waals surface area contributed by atoms with Gasteiger partial charge in [-0.1, -0.05) is 0 Å². The Labute approximate surface area is 174 Å². The summed E-state index contributed by atoms with van der Waals surface area (Å²) in [6, 6.07) is 10.6. The molecule has 2 aliphatic rings. The van der Waals surface area contributed by atoms with Crippen molar-refractivity contribution in [3.05, 3.63) is 47.5 Å². The van der Waals surface area contributed by atoms with Gasteiger partial charge < -0.3 is 29.1 Å². The van der Waals surface area contributed by atoms with Gasteiger partial charge in [-0.15, -0.1) is 0 Å². The van der Waals surface area contributed by atoms with Gasteiger partial charge in [-0.3, -0.25) is 9.59 Å². The van der Waals surface area contributed by atoms with Crippen molar-refractivity contribution < 1.29 is 28.9 Å². The maximum atomic E-state index is 13.7. The van der Waals surface area contributed by atoms with Crippen molar-refractivity contribution in [2.24, 2.45) is 0 Å². The number of rotatable bonds is 5. The molecule has 1 N–H and O–H groups in total. The number of hydrogen-bond donors (Lipinski definition) is 1. The minimum absolute atomic E-state index is 0.00240. The second-order valence-corrected chi connectivity index (χ2v) is 7.46. The minimum atomic E-state index is -1.46. The van der Waals surface area contributed by atoms with Gasteiger partial charge in [0.05, 0.1) is 27.9 Å². The molecule has 0 aromatic heterocycles. The van der Waals surface area contributed by atoms with Crippen LogP contribution >= 0.6 is 0 Å². The van der Waals surface area contributed by atoms with Gasteiger partial charge >= 0.3 is 0 Å². The van der Waals surface area contributed by atoms with Crippen LogP contribution in [0.1, 0.15) is 17.5 Å². The Morgan fingerprint density at radius 1 is 1.00 bits per heavy atom. The lowest BCUT2D eigenvalue weighted by Gasteiger charge is -2.23. The molecule has 0 bridgehead atoms. The summed E-state index contributed by atoms with van der Waals surface area (Å²) in [7, 11) is 6.15. The highest BCUT2D eigenvalue weighted by Gasteiger charge is 2.62. The summed E-state index contributed by atoms with van der Waals surface area (Å²) in [5.41, 5.74) is 0.477. The average Bonchev–Trinajstić information content (AvgIpc) is 3.14. The molecule has 2 atom stereocenters. The number of anilines is 1. The Balaban J connectivity index is 1.82. The Kier molecular flexibility index (Phi) is 4.82. The standard InChI is InChI=1S/C22H24N2O6/c1-23-19(25)11-22(20(23)26)16-9-14(28-2)7-8-17(16)24(21(22)27)12-13-5-6-15(29-3)10-18(13)30-4/h5-10,19,25H,11-12H2,1-4H3/t19?,22-/m1/s1. The fraction of sp³-hybridized carbons (Fsp3) is 0.364. The zero-order chi connectivity index (χ0) is 21.6. The zero-order valence-electron chi connectivity index (χ0n) is 17.3. The number of aliphatic hydroxyl groups is 1. The van der Waals surface area contributed by atoms with Crippen LogP contribution in [0.25, 0.3) is 0 Å². The Morgan fingerprint density at radius 2 is 1.67 bits per heavy atom. The van der Waals surface area contributed by atoms with Crippen LogP contribution in [0.5, 0.6) is 17.2 Å². The van der Waals surface area contributed by atoms with Gasteiger partial charge in [0.1, 0.15) is 23.5 Å². The molecule has 8 nitrogen and oxygen atoms in total. The molecule has 30 heavy (non-hydrogen) atoms. The van der Waals surface area contributed by atoms with E-state index in [1.807, 2.05) is 6.07 Å². The third-order valence-electron chi connectivity index (χ3n) is 6.01. The topological polar surface area (TPSA) is 88.5 Å². The van der Waals surface area contributed by atoms with E-state index in [-0.39, 0.29) is 18.9 Å². The number of methoxy groups -OCH3 is 3. The molecule has 4 rings (SSSR count). The molecule has 2 heterocycles. The van der Waals surface area contributed by atoms with Crippen molar-refractivity contribution in [1.29, 1.82) is 0 Å². The number of aliphatic hydroxyl groups excluding tert-OH is 1. The lowest BCUT2D eigenvalue weighted by Crippen LogP contribution is -2.45. The summed E-state index contributed by atoms with van der Waals surface area (Å²) in [5, 5.41) is 10.3. The van der Waals surface area contributed by atoms with E-state index in [1.54, 1.807) is 49.5 Å². The van der Waals surface area contributed by atoms with Gasteiger partial charge in [-0.05, 0) is 30.3 Å². The number of nitrogens with zero attached hydrogens (tertiary/aromatic N) is 2. The maximum absolute atomic E-state index is 13.7. The number of benzene rings is 2. The van der Waals surface area contributed by atoms with E-state index in [2.05, 4.69) is 0 Å². The van der Waals surface area contributed by atoms with E-state index in [0.717, 1.165) is 5.56 Å². The van der Waals surface area contributed by atoms with Crippen LogP contribution < -0.4 is 19.1 Å². The largest absolute Gasteiger partial charge is 0.497 e. The molecular formula is C22H24N2O6. The van der Waals surface area contributed by atoms with E-state index >= 15 is 0 Å². The molecule has 158 valence electrons. The highest BCUT2D eigenvalue weighted by Crippen LogP contribution is 2.51. The van der Waals surface area contributed by atoms with Crippen molar-refractivity contribution in [2.45, 2.75) is 24.6 Å². The molecule has 0 radical (unpaired) electrons. The predicted octanol–water partition coefficient (Wildman–Crippen LogP) is 1.68. The zero-order valence-corrected chi connectivity index (χ0v) is 17.3. The van der Waals surface area contributed by atoms with Gasteiger partial charge in [0, 0.05) is 36.3 Å². The van der Waals surface area contributed by atoms with Crippen molar-refractivity contribution in [3.8, 4) is 17.2 Å². The molecule has 8 heteroatoms. The molecule has 1 spiro atoms. The molecule has 2 aromatic rings. The first-order valence-electron chi connectivity index (χ1n) is 9.54. The lowest BCUT2D eigenvalue weighted by atomic mass is 9.79. The number of likely N-dealkylation sites (N-methyl/N-ethyl adjacent to an activating group) is 1. The summed E-state index contributed by atoms with van der Waals surface area (Å²) in [5.74, 6) is 0.978. The third-order valence-corrected chi connectivity index (χ3v) is 6.01. The van der Waals surface area contributed by atoms with Gasteiger partial charge in [0.25, 0.3) is 0 Å². The van der Waals surface area contributed by atoms with E-state index in [1.165, 1.54) is 19.1 Å². The van der Waals surface area contributed by atoms with Gasteiger partial charge in [-0.25, -0.2) is 0 Å². The van der Waals surface area contributed by atoms with Crippen molar-refractivity contribution in [1.82, 2.24) is 4.90 Å². The van der Waals surface area contributed by atoms with Crippen molar-refractivity contribution in [3.63, 3.8) is 0 Å². The highest BCUT2D eigenvalue weighted by atomic mass is 16.5. The number of carbonyl (C=O) groups excluding carboxylic acids is 2. The van der Waals surface area contributed by atoms with Gasteiger partial charge in [0.2, 0.25) is 11.8 Å². The number of carbonyl (C=O) groups is 2. The molecular weight excluding hydrogens is 388 g/mol. The molecule has 2 aliphatic heterocycles. The summed E-state index contributed by atoms with van der Waals surface area (Å²) >= 11 is 0. The average molecular weight is 412 g/mol. The molecule has 1 saturated heterocycles. The first kappa shape index (κ1) is 20.0. The van der Waals surface area contributed by atoms with E-state index in [4.69, 9.17) is 14.2 Å². The van der Waals surface area contributed by atoms with Gasteiger partial charge in [0.15, 0.2) is 5.41 Å². The van der Waals surface area contributed by atoms with Crippen LogP contribution in [0.4, 0.5) is 5.69 Å². The normalized spacial score (nSPS) is 22.6. The Hall–Kier alpha value is -3.26. The van der Waals surface area contributed by atoms with Crippen LogP contribution in [0.15, 0.2) is 36.4 Å². The SMILES string of the molecule is COc1ccc(CN2C(=O)[C@]3(CC(O)N(C)C3=O)c3cc(OC)ccc32)c(OC)c1. The first-order chi connectivity index (χ1) is 14.4. The number of amides is 2. The van der Waals surface area contributed by atoms with E-state index in [0.29, 0.717) is 28.5 Å².